The number of carboxylic acid groups (broad SMARTS) is 1. The molecule has 1 N–H and O–H groups in total. The first kappa shape index (κ1) is 17.3. The SMILES string of the molecule is COc1ccc(C(=O)c2ccc(N(C)C)cc2C(=O)O)c(OC)c1. The molecule has 0 heterocycles. The van der Waals surface area contributed by atoms with Gasteiger partial charge in [-0.2, -0.15) is 0 Å². The third kappa shape index (κ3) is 3.32. The topological polar surface area (TPSA) is 76.1 Å². The number of carboxylic acids is 1. The van der Waals surface area contributed by atoms with Gasteiger partial charge in [-0.3, -0.25) is 4.79 Å². The summed E-state index contributed by atoms with van der Waals surface area (Å²) in [5.74, 6) is -0.705. The summed E-state index contributed by atoms with van der Waals surface area (Å²) in [7, 11) is 6.56. The van der Waals surface area contributed by atoms with Gasteiger partial charge in [0.15, 0.2) is 5.78 Å². The maximum Gasteiger partial charge on any atom is 0.336 e. The van der Waals surface area contributed by atoms with Gasteiger partial charge in [-0.1, -0.05) is 0 Å². The van der Waals surface area contributed by atoms with E-state index in [4.69, 9.17) is 9.47 Å². The van der Waals surface area contributed by atoms with Gasteiger partial charge in [0.25, 0.3) is 0 Å². The molecule has 0 aliphatic rings. The molecule has 0 aliphatic heterocycles. The number of methoxy groups -OCH3 is 2. The fourth-order valence-electron chi connectivity index (χ4n) is 2.32. The number of carbonyl (C=O) groups excluding carboxylic acids is 1. The van der Waals surface area contributed by atoms with Gasteiger partial charge in [-0.15, -0.1) is 0 Å². The van der Waals surface area contributed by atoms with Crippen molar-refractivity contribution in [1.29, 1.82) is 0 Å². The van der Waals surface area contributed by atoms with Gasteiger partial charge in [0.2, 0.25) is 0 Å². The van der Waals surface area contributed by atoms with Crippen molar-refractivity contribution in [2.24, 2.45) is 0 Å². The van der Waals surface area contributed by atoms with Gasteiger partial charge in [0, 0.05) is 31.4 Å². The second-order valence-electron chi connectivity index (χ2n) is 5.32. The predicted molar refractivity (Wildman–Crippen MR) is 90.7 cm³/mol. The van der Waals surface area contributed by atoms with Crippen LogP contribution in [0.2, 0.25) is 0 Å². The summed E-state index contributed by atoms with van der Waals surface area (Å²) in [5, 5.41) is 9.45. The van der Waals surface area contributed by atoms with Crippen LogP contribution in [-0.2, 0) is 0 Å². The molecule has 0 saturated carbocycles. The average molecular weight is 329 g/mol. The van der Waals surface area contributed by atoms with Gasteiger partial charge < -0.3 is 19.5 Å². The highest BCUT2D eigenvalue weighted by atomic mass is 16.5. The molecule has 0 aliphatic carbocycles. The number of rotatable bonds is 6. The predicted octanol–water partition coefficient (Wildman–Crippen LogP) is 2.70. The van der Waals surface area contributed by atoms with Crippen LogP contribution in [0.3, 0.4) is 0 Å². The lowest BCUT2D eigenvalue weighted by Gasteiger charge is -2.15. The van der Waals surface area contributed by atoms with Crippen molar-refractivity contribution in [3.63, 3.8) is 0 Å². The minimum atomic E-state index is -1.16. The third-order valence-corrected chi connectivity index (χ3v) is 3.65. The van der Waals surface area contributed by atoms with Crippen molar-refractivity contribution in [1.82, 2.24) is 0 Å². The number of nitrogens with zero attached hydrogens (tertiary/aromatic N) is 1. The van der Waals surface area contributed by atoms with Crippen molar-refractivity contribution >= 4 is 17.4 Å². The number of anilines is 1. The highest BCUT2D eigenvalue weighted by molar-refractivity contribution is 6.15. The van der Waals surface area contributed by atoms with E-state index >= 15 is 0 Å². The molecule has 0 amide bonds. The van der Waals surface area contributed by atoms with E-state index in [0.717, 1.165) is 0 Å². The molecule has 0 radical (unpaired) electrons. The Balaban J connectivity index is 2.56. The first-order chi connectivity index (χ1) is 11.4. The zero-order valence-electron chi connectivity index (χ0n) is 14.0. The summed E-state index contributed by atoms with van der Waals surface area (Å²) >= 11 is 0. The molecular formula is C18H19NO5. The molecule has 0 unspecified atom stereocenters. The molecule has 0 saturated heterocycles. The molecule has 6 heteroatoms. The Labute approximate surface area is 140 Å². The standard InChI is InChI=1S/C18H19NO5/c1-19(2)11-5-7-13(15(9-11)18(21)22)17(20)14-8-6-12(23-3)10-16(14)24-4/h5-10H,1-4H3,(H,21,22). The van der Waals surface area contributed by atoms with Gasteiger partial charge in [0.05, 0.1) is 25.3 Å². The van der Waals surface area contributed by atoms with E-state index in [9.17, 15) is 14.7 Å². The largest absolute Gasteiger partial charge is 0.497 e. The lowest BCUT2D eigenvalue weighted by atomic mass is 9.97. The molecule has 0 aromatic heterocycles. The summed E-state index contributed by atoms with van der Waals surface area (Å²) in [4.78, 5) is 26.2. The Bertz CT molecular complexity index is 783. The van der Waals surface area contributed by atoms with E-state index in [1.807, 2.05) is 0 Å². The second kappa shape index (κ2) is 7.04. The van der Waals surface area contributed by atoms with Crippen LogP contribution in [0.1, 0.15) is 26.3 Å². The number of aromatic carboxylic acids is 1. The Morgan fingerprint density at radius 1 is 0.917 bits per heavy atom. The van der Waals surface area contributed by atoms with Crippen LogP contribution < -0.4 is 14.4 Å². The van der Waals surface area contributed by atoms with E-state index in [2.05, 4.69) is 0 Å². The summed E-state index contributed by atoms with van der Waals surface area (Å²) in [6.07, 6.45) is 0. The quantitative estimate of drug-likeness (QED) is 0.821. The zero-order chi connectivity index (χ0) is 17.9. The van der Waals surface area contributed by atoms with Crippen molar-refractivity contribution in [3.8, 4) is 11.5 Å². The Hall–Kier alpha value is -3.02. The van der Waals surface area contributed by atoms with Crippen molar-refractivity contribution in [2.75, 3.05) is 33.2 Å². The summed E-state index contributed by atoms with van der Waals surface area (Å²) < 4.78 is 10.3. The van der Waals surface area contributed by atoms with E-state index in [0.29, 0.717) is 17.2 Å². The number of hydrogen-bond donors (Lipinski definition) is 1. The van der Waals surface area contributed by atoms with Crippen LogP contribution in [0.4, 0.5) is 5.69 Å². The maximum absolute atomic E-state index is 12.8. The van der Waals surface area contributed by atoms with E-state index in [1.54, 1.807) is 43.3 Å². The van der Waals surface area contributed by atoms with Crippen molar-refractivity contribution in [2.45, 2.75) is 0 Å². The van der Waals surface area contributed by atoms with Gasteiger partial charge in [-0.25, -0.2) is 4.79 Å². The summed E-state index contributed by atoms with van der Waals surface area (Å²) in [6.45, 7) is 0. The van der Waals surface area contributed by atoms with Crippen LogP contribution in [0, 0.1) is 0 Å². The molecule has 2 rings (SSSR count). The molecule has 0 fully saturated rings. The number of benzene rings is 2. The Morgan fingerprint density at radius 2 is 1.58 bits per heavy atom. The monoisotopic (exact) mass is 329 g/mol. The van der Waals surface area contributed by atoms with Crippen LogP contribution >= 0.6 is 0 Å². The number of carbonyl (C=O) groups is 2. The maximum atomic E-state index is 12.8. The molecule has 24 heavy (non-hydrogen) atoms. The van der Waals surface area contributed by atoms with Crippen LogP contribution in [0.15, 0.2) is 36.4 Å². The van der Waals surface area contributed by atoms with E-state index in [-0.39, 0.29) is 16.7 Å². The smallest absolute Gasteiger partial charge is 0.336 e. The number of ketones is 1. The molecule has 0 atom stereocenters. The zero-order valence-corrected chi connectivity index (χ0v) is 14.0. The Kier molecular flexibility index (Phi) is 5.08. The average Bonchev–Trinajstić information content (AvgIpc) is 2.59. The molecule has 2 aromatic carbocycles. The fourth-order valence-corrected chi connectivity index (χ4v) is 2.32. The van der Waals surface area contributed by atoms with Crippen LogP contribution in [0.25, 0.3) is 0 Å². The third-order valence-electron chi connectivity index (χ3n) is 3.65. The highest BCUT2D eigenvalue weighted by Crippen LogP contribution is 2.28. The van der Waals surface area contributed by atoms with Crippen LogP contribution in [-0.4, -0.2) is 45.2 Å². The second-order valence-corrected chi connectivity index (χ2v) is 5.32. The van der Waals surface area contributed by atoms with Gasteiger partial charge in [0.1, 0.15) is 11.5 Å². The summed E-state index contributed by atoms with van der Waals surface area (Å²) in [5.41, 5.74) is 1.03. The van der Waals surface area contributed by atoms with E-state index < -0.39 is 11.8 Å². The highest BCUT2D eigenvalue weighted by Gasteiger charge is 2.22. The lowest BCUT2D eigenvalue weighted by Crippen LogP contribution is -2.14. The molecule has 126 valence electrons. The van der Waals surface area contributed by atoms with Crippen LogP contribution in [0.5, 0.6) is 11.5 Å². The van der Waals surface area contributed by atoms with Crippen molar-refractivity contribution < 1.29 is 24.2 Å². The van der Waals surface area contributed by atoms with Gasteiger partial charge in [-0.05, 0) is 30.3 Å². The minimum Gasteiger partial charge on any atom is -0.497 e. The number of hydrogen-bond acceptors (Lipinski definition) is 5. The lowest BCUT2D eigenvalue weighted by molar-refractivity contribution is 0.0692. The normalized spacial score (nSPS) is 10.2. The number of ether oxygens (including phenoxy) is 2. The first-order valence-electron chi connectivity index (χ1n) is 7.20. The molecular weight excluding hydrogens is 310 g/mol. The molecule has 2 aromatic rings. The van der Waals surface area contributed by atoms with E-state index in [1.165, 1.54) is 26.4 Å². The van der Waals surface area contributed by atoms with Gasteiger partial charge >= 0.3 is 5.97 Å². The Morgan fingerprint density at radius 3 is 2.12 bits per heavy atom. The first-order valence-corrected chi connectivity index (χ1v) is 7.20. The summed E-state index contributed by atoms with van der Waals surface area (Å²) in [6, 6.07) is 9.48. The van der Waals surface area contributed by atoms with Crippen molar-refractivity contribution in [3.05, 3.63) is 53.1 Å². The minimum absolute atomic E-state index is 0.0518. The fraction of sp³-hybridized carbons (Fsp3) is 0.222. The molecule has 0 spiro atoms. The molecule has 6 nitrogen and oxygen atoms in total. The molecule has 0 bridgehead atoms.